The van der Waals surface area contributed by atoms with Crippen LogP contribution in [0.4, 0.5) is 0 Å². The molecule has 0 saturated heterocycles. The maximum absolute atomic E-state index is 4.87. The van der Waals surface area contributed by atoms with Gasteiger partial charge in [-0.3, -0.25) is 0 Å². The second-order valence-corrected chi connectivity index (χ2v) is 5.98. The van der Waals surface area contributed by atoms with Gasteiger partial charge in [0, 0.05) is 23.8 Å². The Labute approximate surface area is 127 Å². The average Bonchev–Trinajstić information content (AvgIpc) is 3.26. The maximum atomic E-state index is 4.87. The number of benzene rings is 1. The number of aromatic nitrogens is 2. The summed E-state index contributed by atoms with van der Waals surface area (Å²) in [5.41, 5.74) is 6.46. The van der Waals surface area contributed by atoms with Gasteiger partial charge in [0.2, 0.25) is 0 Å². The number of hydrogen-bond acceptors (Lipinski definition) is 2. The summed E-state index contributed by atoms with van der Waals surface area (Å²) >= 11 is 0. The van der Waals surface area contributed by atoms with Gasteiger partial charge in [-0.15, -0.1) is 0 Å². The van der Waals surface area contributed by atoms with Crippen LogP contribution in [0.25, 0.3) is 5.69 Å². The van der Waals surface area contributed by atoms with Crippen molar-refractivity contribution in [2.24, 2.45) is 0 Å². The lowest BCUT2D eigenvalue weighted by molar-refractivity contribution is 0.677. The van der Waals surface area contributed by atoms with E-state index in [1.54, 1.807) is 0 Å². The molecule has 0 atom stereocenters. The van der Waals surface area contributed by atoms with Crippen LogP contribution in [0.2, 0.25) is 0 Å². The summed E-state index contributed by atoms with van der Waals surface area (Å²) in [5.74, 6) is 0. The number of aryl methyl sites for hydroxylation is 2. The van der Waals surface area contributed by atoms with Crippen molar-refractivity contribution in [2.45, 2.75) is 59.0 Å². The van der Waals surface area contributed by atoms with Crippen LogP contribution in [-0.2, 0) is 19.4 Å². The van der Waals surface area contributed by atoms with Crippen molar-refractivity contribution in [3.8, 4) is 5.69 Å². The van der Waals surface area contributed by atoms with Gasteiger partial charge in [0.25, 0.3) is 0 Å². The van der Waals surface area contributed by atoms with E-state index in [2.05, 4.69) is 55.0 Å². The number of rotatable bonds is 6. The zero-order valence-corrected chi connectivity index (χ0v) is 13.3. The third-order valence-corrected chi connectivity index (χ3v) is 4.27. The first-order valence-electron chi connectivity index (χ1n) is 8.13. The smallest absolute Gasteiger partial charge is 0.0674 e. The van der Waals surface area contributed by atoms with Gasteiger partial charge in [-0.2, -0.15) is 5.10 Å². The van der Waals surface area contributed by atoms with Crippen LogP contribution < -0.4 is 5.32 Å². The molecule has 1 aromatic heterocycles. The second kappa shape index (κ2) is 6.02. The lowest BCUT2D eigenvalue weighted by Gasteiger charge is -2.09. The fraction of sp³-hybridized carbons (Fsp3) is 0.500. The minimum atomic E-state index is 0.738. The summed E-state index contributed by atoms with van der Waals surface area (Å²) in [5, 5.41) is 8.52. The van der Waals surface area contributed by atoms with Gasteiger partial charge in [-0.05, 0) is 44.7 Å². The predicted octanol–water partition coefficient (Wildman–Crippen LogP) is 3.56. The van der Waals surface area contributed by atoms with Gasteiger partial charge in [-0.25, -0.2) is 4.68 Å². The van der Waals surface area contributed by atoms with E-state index in [0.717, 1.165) is 25.4 Å². The van der Waals surface area contributed by atoms with Gasteiger partial charge in [0.15, 0.2) is 0 Å². The molecule has 2 aromatic rings. The largest absolute Gasteiger partial charge is 0.310 e. The molecule has 0 spiro atoms. The fourth-order valence-electron chi connectivity index (χ4n) is 2.82. The Bertz CT molecular complexity index is 606. The summed E-state index contributed by atoms with van der Waals surface area (Å²) in [6.07, 6.45) is 4.67. The lowest BCUT2D eigenvalue weighted by atomic mass is 10.1. The zero-order chi connectivity index (χ0) is 14.8. The summed E-state index contributed by atoms with van der Waals surface area (Å²) in [6, 6.07) is 9.38. The van der Waals surface area contributed by atoms with Crippen LogP contribution in [-0.4, -0.2) is 15.8 Å². The molecule has 1 aliphatic carbocycles. The third-order valence-electron chi connectivity index (χ3n) is 4.27. The molecule has 3 heteroatoms. The first kappa shape index (κ1) is 14.3. The molecule has 3 rings (SSSR count). The molecule has 1 saturated carbocycles. The van der Waals surface area contributed by atoms with Crippen molar-refractivity contribution in [3.63, 3.8) is 0 Å². The topological polar surface area (TPSA) is 29.9 Å². The first-order valence-corrected chi connectivity index (χ1v) is 8.13. The lowest BCUT2D eigenvalue weighted by Crippen LogP contribution is -2.17. The van der Waals surface area contributed by atoms with E-state index < -0.39 is 0 Å². The summed E-state index contributed by atoms with van der Waals surface area (Å²) < 4.78 is 2.14. The van der Waals surface area contributed by atoms with Crippen molar-refractivity contribution in [3.05, 3.63) is 46.8 Å². The fourth-order valence-corrected chi connectivity index (χ4v) is 2.82. The predicted molar refractivity (Wildman–Crippen MR) is 86.9 cm³/mol. The van der Waals surface area contributed by atoms with E-state index in [4.69, 9.17) is 5.10 Å². The maximum Gasteiger partial charge on any atom is 0.0674 e. The van der Waals surface area contributed by atoms with Gasteiger partial charge >= 0.3 is 0 Å². The molecule has 1 heterocycles. The van der Waals surface area contributed by atoms with Crippen molar-refractivity contribution in [1.29, 1.82) is 0 Å². The first-order chi connectivity index (χ1) is 10.2. The number of nitrogens with one attached hydrogen (secondary N) is 1. The Hall–Kier alpha value is -1.61. The summed E-state index contributed by atoms with van der Waals surface area (Å²) in [4.78, 5) is 0. The molecule has 0 unspecified atom stereocenters. The van der Waals surface area contributed by atoms with E-state index >= 15 is 0 Å². The minimum absolute atomic E-state index is 0.738. The Morgan fingerprint density at radius 2 is 1.86 bits per heavy atom. The Balaban J connectivity index is 1.96. The molecule has 112 valence electrons. The highest BCUT2D eigenvalue weighted by Gasteiger charge is 2.23. The van der Waals surface area contributed by atoms with Crippen LogP contribution in [0.15, 0.2) is 24.3 Å². The SMILES string of the molecule is CCc1nn(-c2ccc(C)cc2)c(CC)c1CNC1CC1. The van der Waals surface area contributed by atoms with Crippen LogP contribution in [0.1, 0.15) is 49.2 Å². The molecule has 0 aliphatic heterocycles. The summed E-state index contributed by atoms with van der Waals surface area (Å²) in [7, 11) is 0. The Kier molecular flexibility index (Phi) is 4.11. The zero-order valence-electron chi connectivity index (χ0n) is 13.3. The highest BCUT2D eigenvalue weighted by molar-refractivity contribution is 5.39. The van der Waals surface area contributed by atoms with Crippen LogP contribution in [0.3, 0.4) is 0 Å². The van der Waals surface area contributed by atoms with Crippen molar-refractivity contribution in [2.75, 3.05) is 0 Å². The van der Waals surface area contributed by atoms with E-state index in [-0.39, 0.29) is 0 Å². The van der Waals surface area contributed by atoms with E-state index in [1.807, 2.05) is 0 Å². The van der Waals surface area contributed by atoms with E-state index in [1.165, 1.54) is 41.0 Å². The van der Waals surface area contributed by atoms with E-state index in [0.29, 0.717) is 0 Å². The Morgan fingerprint density at radius 1 is 1.14 bits per heavy atom. The molecule has 0 amide bonds. The second-order valence-electron chi connectivity index (χ2n) is 5.98. The number of nitrogens with zero attached hydrogens (tertiary/aromatic N) is 2. The molecule has 3 nitrogen and oxygen atoms in total. The molecule has 0 bridgehead atoms. The van der Waals surface area contributed by atoms with Gasteiger partial charge in [0.1, 0.15) is 0 Å². The molecule has 0 radical (unpaired) electrons. The molecular formula is C18H25N3. The van der Waals surface area contributed by atoms with Crippen molar-refractivity contribution >= 4 is 0 Å². The normalized spacial score (nSPS) is 14.6. The van der Waals surface area contributed by atoms with Gasteiger partial charge < -0.3 is 5.32 Å². The van der Waals surface area contributed by atoms with Gasteiger partial charge in [0.05, 0.1) is 11.4 Å². The van der Waals surface area contributed by atoms with Crippen LogP contribution in [0.5, 0.6) is 0 Å². The quantitative estimate of drug-likeness (QED) is 0.878. The van der Waals surface area contributed by atoms with Crippen molar-refractivity contribution < 1.29 is 0 Å². The van der Waals surface area contributed by atoms with E-state index in [9.17, 15) is 0 Å². The van der Waals surface area contributed by atoms with Gasteiger partial charge in [-0.1, -0.05) is 31.5 Å². The molecule has 1 aliphatic rings. The summed E-state index contributed by atoms with van der Waals surface area (Å²) in [6.45, 7) is 7.50. The molecule has 1 aromatic carbocycles. The highest BCUT2D eigenvalue weighted by atomic mass is 15.3. The third kappa shape index (κ3) is 3.03. The molecule has 1 N–H and O–H groups in total. The van der Waals surface area contributed by atoms with Crippen molar-refractivity contribution in [1.82, 2.24) is 15.1 Å². The monoisotopic (exact) mass is 283 g/mol. The molecule has 1 fully saturated rings. The minimum Gasteiger partial charge on any atom is -0.310 e. The molecule has 21 heavy (non-hydrogen) atoms. The van der Waals surface area contributed by atoms with Crippen LogP contribution in [0, 0.1) is 6.92 Å². The average molecular weight is 283 g/mol. The Morgan fingerprint density at radius 3 is 2.43 bits per heavy atom. The highest BCUT2D eigenvalue weighted by Crippen LogP contribution is 2.24. The molecular weight excluding hydrogens is 258 g/mol. The van der Waals surface area contributed by atoms with Crippen LogP contribution >= 0.6 is 0 Å². The number of hydrogen-bond donors (Lipinski definition) is 1. The standard InChI is InChI=1S/C18H25N3/c1-4-17-16(12-19-14-8-9-14)18(5-2)21(20-17)15-10-6-13(3)7-11-15/h6-7,10-11,14,19H,4-5,8-9,12H2,1-3H3.